The summed E-state index contributed by atoms with van der Waals surface area (Å²) in [5.74, 6) is -0.857. The number of pyridine rings is 1. The van der Waals surface area contributed by atoms with E-state index < -0.39 is 5.97 Å². The maximum atomic E-state index is 12.3. The number of amides is 1. The summed E-state index contributed by atoms with van der Waals surface area (Å²) in [7, 11) is 0. The second kappa shape index (κ2) is 7.17. The molecule has 1 N–H and O–H groups in total. The summed E-state index contributed by atoms with van der Waals surface area (Å²) in [6, 6.07) is 1.84. The maximum absolute atomic E-state index is 12.3. The Morgan fingerprint density at radius 2 is 2.10 bits per heavy atom. The number of piperidine rings is 1. The van der Waals surface area contributed by atoms with Crippen molar-refractivity contribution in [2.24, 2.45) is 0 Å². The lowest BCUT2D eigenvalue weighted by atomic mass is 10.1. The molecule has 0 radical (unpaired) electrons. The van der Waals surface area contributed by atoms with E-state index in [9.17, 15) is 9.59 Å². The van der Waals surface area contributed by atoms with E-state index in [4.69, 9.17) is 9.84 Å². The Labute approximate surface area is 123 Å². The van der Waals surface area contributed by atoms with E-state index in [0.29, 0.717) is 18.7 Å². The third kappa shape index (κ3) is 4.53. The summed E-state index contributed by atoms with van der Waals surface area (Å²) in [4.78, 5) is 28.6. The fourth-order valence-electron chi connectivity index (χ4n) is 2.39. The molecule has 0 unspecified atom stereocenters. The first-order valence-electron chi connectivity index (χ1n) is 7.10. The molecule has 0 bridgehead atoms. The van der Waals surface area contributed by atoms with Gasteiger partial charge in [0.2, 0.25) is 0 Å². The molecule has 21 heavy (non-hydrogen) atoms. The van der Waals surface area contributed by atoms with E-state index in [-0.39, 0.29) is 25.0 Å². The predicted octanol–water partition coefficient (Wildman–Crippen LogP) is 1.49. The van der Waals surface area contributed by atoms with Gasteiger partial charge in [0.15, 0.2) is 0 Å². The van der Waals surface area contributed by atoms with Gasteiger partial charge in [0.1, 0.15) is 0 Å². The molecule has 0 atom stereocenters. The molecule has 6 nitrogen and oxygen atoms in total. The molecule has 114 valence electrons. The standard InChI is InChI=1S/C15H20N2O4/c1-11-8-12(10-16-9-11)15(20)17-5-2-13(3-6-17)21-7-4-14(18)19/h8-10,13H,2-7H2,1H3,(H,18,19). The Morgan fingerprint density at radius 3 is 2.71 bits per heavy atom. The number of aromatic nitrogens is 1. The highest BCUT2D eigenvalue weighted by molar-refractivity contribution is 5.94. The molecule has 0 aromatic carbocycles. The summed E-state index contributed by atoms with van der Waals surface area (Å²) in [5, 5.41) is 8.57. The number of likely N-dealkylation sites (tertiary alicyclic amines) is 1. The number of carbonyl (C=O) groups is 2. The van der Waals surface area contributed by atoms with Gasteiger partial charge in [0.05, 0.1) is 24.7 Å². The third-order valence-corrected chi connectivity index (χ3v) is 3.52. The van der Waals surface area contributed by atoms with Crippen LogP contribution in [0.1, 0.15) is 35.2 Å². The van der Waals surface area contributed by atoms with Crippen LogP contribution < -0.4 is 0 Å². The fourth-order valence-corrected chi connectivity index (χ4v) is 2.39. The highest BCUT2D eigenvalue weighted by atomic mass is 16.5. The molecule has 1 aromatic heterocycles. The number of carboxylic acid groups (broad SMARTS) is 1. The van der Waals surface area contributed by atoms with Crippen LogP contribution in [-0.2, 0) is 9.53 Å². The summed E-state index contributed by atoms with van der Waals surface area (Å²) in [5.41, 5.74) is 1.58. The van der Waals surface area contributed by atoms with Crippen molar-refractivity contribution in [3.05, 3.63) is 29.6 Å². The van der Waals surface area contributed by atoms with Gasteiger partial charge in [0.25, 0.3) is 5.91 Å². The van der Waals surface area contributed by atoms with Gasteiger partial charge in [-0.3, -0.25) is 14.6 Å². The van der Waals surface area contributed by atoms with Gasteiger partial charge in [-0.15, -0.1) is 0 Å². The Bertz CT molecular complexity index is 510. The minimum Gasteiger partial charge on any atom is -0.481 e. The van der Waals surface area contributed by atoms with Crippen molar-refractivity contribution in [1.29, 1.82) is 0 Å². The Kier molecular flexibility index (Phi) is 5.27. The topological polar surface area (TPSA) is 79.7 Å². The SMILES string of the molecule is Cc1cncc(C(=O)N2CCC(OCCC(=O)O)CC2)c1. The van der Waals surface area contributed by atoms with Crippen molar-refractivity contribution < 1.29 is 19.4 Å². The minimum absolute atomic E-state index is 0.00446. The monoisotopic (exact) mass is 292 g/mol. The van der Waals surface area contributed by atoms with Crippen molar-refractivity contribution in [3.63, 3.8) is 0 Å². The molecule has 0 aliphatic carbocycles. The zero-order chi connectivity index (χ0) is 15.2. The molecule has 1 aliphatic heterocycles. The molecule has 0 saturated carbocycles. The van der Waals surface area contributed by atoms with Crippen molar-refractivity contribution in [2.75, 3.05) is 19.7 Å². The highest BCUT2D eigenvalue weighted by Crippen LogP contribution is 2.16. The molecule has 2 heterocycles. The van der Waals surface area contributed by atoms with Crippen molar-refractivity contribution in [1.82, 2.24) is 9.88 Å². The van der Waals surface area contributed by atoms with Crippen LogP contribution in [0.25, 0.3) is 0 Å². The second-order valence-corrected chi connectivity index (χ2v) is 5.26. The lowest BCUT2D eigenvalue weighted by molar-refractivity contribution is -0.138. The molecule has 0 spiro atoms. The number of hydrogen-bond donors (Lipinski definition) is 1. The lowest BCUT2D eigenvalue weighted by Crippen LogP contribution is -2.41. The number of ether oxygens (including phenoxy) is 1. The Balaban J connectivity index is 1.81. The Morgan fingerprint density at radius 1 is 1.38 bits per heavy atom. The summed E-state index contributed by atoms with van der Waals surface area (Å²) in [6.45, 7) is 3.40. The quantitative estimate of drug-likeness (QED) is 0.889. The number of hydrogen-bond acceptors (Lipinski definition) is 4. The largest absolute Gasteiger partial charge is 0.481 e. The van der Waals surface area contributed by atoms with Crippen molar-refractivity contribution in [3.8, 4) is 0 Å². The van der Waals surface area contributed by atoms with Gasteiger partial charge >= 0.3 is 5.97 Å². The molecular formula is C15H20N2O4. The van der Waals surface area contributed by atoms with E-state index in [0.717, 1.165) is 18.4 Å². The zero-order valence-corrected chi connectivity index (χ0v) is 12.1. The molecule has 1 aromatic rings. The van der Waals surface area contributed by atoms with E-state index in [2.05, 4.69) is 4.98 Å². The van der Waals surface area contributed by atoms with E-state index in [1.165, 1.54) is 0 Å². The number of aliphatic carboxylic acids is 1. The average molecular weight is 292 g/mol. The second-order valence-electron chi connectivity index (χ2n) is 5.26. The normalized spacial score (nSPS) is 16.0. The van der Waals surface area contributed by atoms with Gasteiger partial charge in [-0.05, 0) is 31.4 Å². The van der Waals surface area contributed by atoms with Crippen LogP contribution in [0.5, 0.6) is 0 Å². The van der Waals surface area contributed by atoms with Crippen LogP contribution in [0.3, 0.4) is 0 Å². The van der Waals surface area contributed by atoms with E-state index in [1.807, 2.05) is 13.0 Å². The van der Waals surface area contributed by atoms with Gasteiger partial charge in [-0.1, -0.05) is 0 Å². The fraction of sp³-hybridized carbons (Fsp3) is 0.533. The highest BCUT2D eigenvalue weighted by Gasteiger charge is 2.24. The first-order valence-corrected chi connectivity index (χ1v) is 7.10. The van der Waals surface area contributed by atoms with Crippen LogP contribution in [-0.4, -0.2) is 52.7 Å². The van der Waals surface area contributed by atoms with Crippen molar-refractivity contribution in [2.45, 2.75) is 32.3 Å². The van der Waals surface area contributed by atoms with Crippen molar-refractivity contribution >= 4 is 11.9 Å². The average Bonchev–Trinajstić information content (AvgIpc) is 2.47. The first-order chi connectivity index (χ1) is 10.1. The molecule has 1 aliphatic rings. The molecule has 1 saturated heterocycles. The molecule has 1 amide bonds. The van der Waals surface area contributed by atoms with Crippen LogP contribution >= 0.6 is 0 Å². The summed E-state index contributed by atoms with van der Waals surface area (Å²) >= 11 is 0. The lowest BCUT2D eigenvalue weighted by Gasteiger charge is -2.32. The van der Waals surface area contributed by atoms with E-state index in [1.54, 1.807) is 17.3 Å². The van der Waals surface area contributed by atoms with Crippen LogP contribution in [0, 0.1) is 6.92 Å². The Hall–Kier alpha value is -1.95. The van der Waals surface area contributed by atoms with Gasteiger partial charge < -0.3 is 14.7 Å². The minimum atomic E-state index is -0.852. The third-order valence-electron chi connectivity index (χ3n) is 3.52. The smallest absolute Gasteiger partial charge is 0.305 e. The van der Waals surface area contributed by atoms with Crippen LogP contribution in [0.15, 0.2) is 18.5 Å². The molecule has 1 fully saturated rings. The van der Waals surface area contributed by atoms with Crippen LogP contribution in [0.4, 0.5) is 0 Å². The zero-order valence-electron chi connectivity index (χ0n) is 12.1. The first kappa shape index (κ1) is 15.4. The number of carbonyl (C=O) groups excluding carboxylic acids is 1. The van der Waals surface area contributed by atoms with Gasteiger partial charge in [-0.25, -0.2) is 0 Å². The molecular weight excluding hydrogens is 272 g/mol. The molecule has 6 heteroatoms. The summed E-state index contributed by atoms with van der Waals surface area (Å²) < 4.78 is 5.52. The number of nitrogens with zero attached hydrogens (tertiary/aromatic N) is 2. The maximum Gasteiger partial charge on any atom is 0.305 e. The number of rotatable bonds is 5. The number of aryl methyl sites for hydroxylation is 1. The number of carboxylic acids is 1. The van der Waals surface area contributed by atoms with Gasteiger partial charge in [0, 0.05) is 25.5 Å². The van der Waals surface area contributed by atoms with Crippen LogP contribution in [0.2, 0.25) is 0 Å². The summed E-state index contributed by atoms with van der Waals surface area (Å²) in [6.07, 6.45) is 4.86. The van der Waals surface area contributed by atoms with Gasteiger partial charge in [-0.2, -0.15) is 0 Å². The molecule has 2 rings (SSSR count). The van der Waals surface area contributed by atoms with E-state index >= 15 is 0 Å². The predicted molar refractivity (Wildman–Crippen MR) is 76.1 cm³/mol.